The summed E-state index contributed by atoms with van der Waals surface area (Å²) >= 11 is 1.46. The first-order valence-electron chi connectivity index (χ1n) is 8.96. The van der Waals surface area contributed by atoms with Crippen molar-refractivity contribution < 1.29 is 14.3 Å². The summed E-state index contributed by atoms with van der Waals surface area (Å²) in [6.07, 6.45) is 5.53. The van der Waals surface area contributed by atoms with E-state index in [0.717, 1.165) is 34.9 Å². The van der Waals surface area contributed by atoms with Gasteiger partial charge in [0.25, 0.3) is 5.91 Å². The smallest absolute Gasteiger partial charge is 0.271 e. The molecule has 1 heterocycles. The summed E-state index contributed by atoms with van der Waals surface area (Å²) in [6, 6.07) is 5.76. The van der Waals surface area contributed by atoms with Gasteiger partial charge in [-0.3, -0.25) is 4.79 Å². The molecule has 0 bridgehead atoms. The number of nitrogens with two attached hydrogens (primary N) is 1. The minimum absolute atomic E-state index is 0.182. The molecule has 0 radical (unpaired) electrons. The van der Waals surface area contributed by atoms with Crippen molar-refractivity contribution in [1.82, 2.24) is 10.3 Å². The van der Waals surface area contributed by atoms with E-state index >= 15 is 0 Å². The molecule has 1 aliphatic carbocycles. The maximum atomic E-state index is 12.3. The predicted molar refractivity (Wildman–Crippen MR) is 102 cm³/mol. The van der Waals surface area contributed by atoms with Gasteiger partial charge in [0.15, 0.2) is 11.5 Å². The van der Waals surface area contributed by atoms with E-state index in [1.165, 1.54) is 24.2 Å². The van der Waals surface area contributed by atoms with Crippen molar-refractivity contribution in [1.29, 1.82) is 0 Å². The highest BCUT2D eigenvalue weighted by molar-refractivity contribution is 7.09. The molecular weight excluding hydrogens is 350 g/mol. The Morgan fingerprint density at radius 3 is 2.88 bits per heavy atom. The molecule has 1 aliphatic rings. The van der Waals surface area contributed by atoms with Gasteiger partial charge in [0.2, 0.25) is 0 Å². The normalized spacial score (nSPS) is 14.4. The number of nitrogens with zero attached hydrogens (tertiary/aromatic N) is 1. The van der Waals surface area contributed by atoms with E-state index in [9.17, 15) is 4.79 Å². The van der Waals surface area contributed by atoms with E-state index in [1.54, 1.807) is 12.5 Å². The van der Waals surface area contributed by atoms with Gasteiger partial charge >= 0.3 is 0 Å². The van der Waals surface area contributed by atoms with Gasteiger partial charge in [-0.25, -0.2) is 4.98 Å². The van der Waals surface area contributed by atoms with Crippen LogP contribution in [0.3, 0.4) is 0 Å². The van der Waals surface area contributed by atoms with Gasteiger partial charge < -0.3 is 20.5 Å². The van der Waals surface area contributed by atoms with Crippen LogP contribution in [0.5, 0.6) is 11.5 Å². The summed E-state index contributed by atoms with van der Waals surface area (Å²) in [5.41, 5.74) is 6.92. The second-order valence-corrected chi connectivity index (χ2v) is 7.30. The zero-order chi connectivity index (χ0) is 18.4. The van der Waals surface area contributed by atoms with Crippen LogP contribution in [0.15, 0.2) is 23.6 Å². The molecule has 1 amide bonds. The van der Waals surface area contributed by atoms with E-state index in [0.29, 0.717) is 25.2 Å². The lowest BCUT2D eigenvalue weighted by atomic mass is 10.2. The van der Waals surface area contributed by atoms with Gasteiger partial charge in [-0.2, -0.15) is 0 Å². The van der Waals surface area contributed by atoms with Crippen molar-refractivity contribution in [3.63, 3.8) is 0 Å². The summed E-state index contributed by atoms with van der Waals surface area (Å²) in [5.74, 6) is 1.28. The van der Waals surface area contributed by atoms with Crippen molar-refractivity contribution in [3.05, 3.63) is 39.8 Å². The maximum absolute atomic E-state index is 12.3. The van der Waals surface area contributed by atoms with Gasteiger partial charge in [-0.15, -0.1) is 11.3 Å². The second kappa shape index (κ2) is 9.00. The Kier molecular flexibility index (Phi) is 6.46. The van der Waals surface area contributed by atoms with E-state index in [-0.39, 0.29) is 12.0 Å². The molecule has 3 N–H and O–H groups in total. The molecular formula is C19H25N3O3S. The number of ether oxygens (including phenoxy) is 2. The number of benzene rings is 1. The van der Waals surface area contributed by atoms with E-state index in [1.807, 2.05) is 18.2 Å². The average molecular weight is 375 g/mol. The molecule has 1 aromatic heterocycles. The van der Waals surface area contributed by atoms with E-state index < -0.39 is 0 Å². The molecule has 1 saturated carbocycles. The van der Waals surface area contributed by atoms with Gasteiger partial charge in [0.05, 0.1) is 18.2 Å². The van der Waals surface area contributed by atoms with Gasteiger partial charge in [-0.1, -0.05) is 6.07 Å². The molecule has 0 saturated heterocycles. The fourth-order valence-electron chi connectivity index (χ4n) is 3.04. The molecule has 2 aromatic rings. The third-order valence-corrected chi connectivity index (χ3v) is 5.33. The number of nitrogens with one attached hydrogen (secondary N) is 1. The minimum atomic E-state index is -0.182. The Morgan fingerprint density at radius 2 is 2.15 bits per heavy atom. The highest BCUT2D eigenvalue weighted by Crippen LogP contribution is 2.32. The Bertz CT molecular complexity index is 741. The fourth-order valence-corrected chi connectivity index (χ4v) is 3.83. The number of thiazole rings is 1. The third-order valence-electron chi connectivity index (χ3n) is 4.42. The van der Waals surface area contributed by atoms with Crippen LogP contribution in [0.2, 0.25) is 0 Å². The number of hydrogen-bond acceptors (Lipinski definition) is 6. The van der Waals surface area contributed by atoms with Crippen LogP contribution in [0.25, 0.3) is 0 Å². The zero-order valence-electron chi connectivity index (χ0n) is 15.0. The summed E-state index contributed by atoms with van der Waals surface area (Å²) in [7, 11) is 1.64. The molecule has 0 unspecified atom stereocenters. The lowest BCUT2D eigenvalue weighted by molar-refractivity contribution is 0.0946. The Labute approximate surface area is 157 Å². The first-order valence-corrected chi connectivity index (χ1v) is 9.84. The van der Waals surface area contributed by atoms with Crippen LogP contribution in [-0.2, 0) is 13.0 Å². The lowest BCUT2D eigenvalue weighted by Gasteiger charge is -2.17. The van der Waals surface area contributed by atoms with Crippen molar-refractivity contribution in [2.45, 2.75) is 44.8 Å². The topological polar surface area (TPSA) is 86.5 Å². The lowest BCUT2D eigenvalue weighted by Crippen LogP contribution is -2.23. The monoisotopic (exact) mass is 375 g/mol. The average Bonchev–Trinajstić information content (AvgIpc) is 3.32. The molecule has 1 aromatic carbocycles. The molecule has 7 heteroatoms. The van der Waals surface area contributed by atoms with Crippen molar-refractivity contribution in [2.24, 2.45) is 5.73 Å². The molecule has 140 valence electrons. The molecule has 0 aliphatic heterocycles. The largest absolute Gasteiger partial charge is 0.493 e. The summed E-state index contributed by atoms with van der Waals surface area (Å²) in [5, 5.41) is 5.56. The quantitative estimate of drug-likeness (QED) is 0.741. The number of aromatic nitrogens is 1. The summed E-state index contributed by atoms with van der Waals surface area (Å²) < 4.78 is 11.5. The van der Waals surface area contributed by atoms with Crippen molar-refractivity contribution in [3.8, 4) is 11.5 Å². The second-order valence-electron chi connectivity index (χ2n) is 6.36. The molecule has 1 fully saturated rings. The van der Waals surface area contributed by atoms with Crippen LogP contribution in [0.1, 0.15) is 46.7 Å². The number of methoxy groups -OCH3 is 1. The number of carbonyl (C=O) groups is 1. The van der Waals surface area contributed by atoms with Crippen LogP contribution in [0, 0.1) is 0 Å². The maximum Gasteiger partial charge on any atom is 0.271 e. The highest BCUT2D eigenvalue weighted by Gasteiger charge is 2.19. The first-order chi connectivity index (χ1) is 12.7. The summed E-state index contributed by atoms with van der Waals surface area (Å²) in [4.78, 5) is 16.6. The van der Waals surface area contributed by atoms with Crippen LogP contribution >= 0.6 is 11.3 Å². The molecule has 6 nitrogen and oxygen atoms in total. The summed E-state index contributed by atoms with van der Waals surface area (Å²) in [6.45, 7) is 0.942. The minimum Gasteiger partial charge on any atom is -0.493 e. The Hall–Kier alpha value is -2.12. The Morgan fingerprint density at radius 1 is 1.35 bits per heavy atom. The van der Waals surface area contributed by atoms with Gasteiger partial charge in [0, 0.05) is 18.3 Å². The first kappa shape index (κ1) is 18.7. The van der Waals surface area contributed by atoms with E-state index in [2.05, 4.69) is 10.3 Å². The van der Waals surface area contributed by atoms with Gasteiger partial charge in [-0.05, 0) is 49.9 Å². The molecule has 0 spiro atoms. The van der Waals surface area contributed by atoms with E-state index in [4.69, 9.17) is 15.2 Å². The molecule has 3 rings (SSSR count). The fraction of sp³-hybridized carbons (Fsp3) is 0.474. The number of amides is 1. The third kappa shape index (κ3) is 4.74. The predicted octanol–water partition coefficient (Wildman–Crippen LogP) is 2.90. The van der Waals surface area contributed by atoms with Crippen LogP contribution in [-0.4, -0.2) is 30.6 Å². The van der Waals surface area contributed by atoms with Gasteiger partial charge in [0.1, 0.15) is 5.69 Å². The van der Waals surface area contributed by atoms with Crippen LogP contribution < -0.4 is 20.5 Å². The standard InChI is InChI=1S/C19H25N3O3S/c1-24-16-7-6-13(10-17(16)25-14-4-2-3-5-14)11-21-19(23)15-12-26-18(22-15)8-9-20/h6-7,10,12,14H,2-5,8-9,11,20H2,1H3,(H,21,23). The zero-order valence-corrected chi connectivity index (χ0v) is 15.8. The molecule has 26 heavy (non-hydrogen) atoms. The van der Waals surface area contributed by atoms with Crippen molar-refractivity contribution >= 4 is 17.2 Å². The number of rotatable bonds is 8. The Balaban J connectivity index is 1.62. The SMILES string of the molecule is COc1ccc(CNC(=O)c2csc(CCN)n2)cc1OC1CCCC1. The van der Waals surface area contributed by atoms with Crippen LogP contribution in [0.4, 0.5) is 0 Å². The molecule has 0 atom stereocenters. The number of hydrogen-bond donors (Lipinski definition) is 2. The number of carbonyl (C=O) groups excluding carboxylic acids is 1. The highest BCUT2D eigenvalue weighted by atomic mass is 32.1. The van der Waals surface area contributed by atoms with Crippen molar-refractivity contribution in [2.75, 3.05) is 13.7 Å².